The van der Waals surface area contributed by atoms with E-state index in [9.17, 15) is 33.9 Å². The Kier molecular flexibility index (Phi) is 12.7. The van der Waals surface area contributed by atoms with Crippen LogP contribution < -0.4 is 33.2 Å². The zero-order chi connectivity index (χ0) is 25.9. The van der Waals surface area contributed by atoms with Crippen molar-refractivity contribution in [3.63, 3.8) is 0 Å². The van der Waals surface area contributed by atoms with Crippen molar-refractivity contribution in [2.45, 2.75) is 77.5 Å². The summed E-state index contributed by atoms with van der Waals surface area (Å²) in [5, 5.41) is 16.5. The first-order valence-electron chi connectivity index (χ1n) is 10.7. The second-order valence-electron chi connectivity index (χ2n) is 8.28. The summed E-state index contributed by atoms with van der Waals surface area (Å²) in [6.07, 6.45) is -0.203. The van der Waals surface area contributed by atoms with E-state index in [1.54, 1.807) is 27.7 Å². The van der Waals surface area contributed by atoms with E-state index in [4.69, 9.17) is 17.2 Å². The number of amides is 5. The Morgan fingerprint density at radius 2 is 1.33 bits per heavy atom. The molecule has 13 heteroatoms. The van der Waals surface area contributed by atoms with Gasteiger partial charge in [-0.25, -0.2) is 4.79 Å². The van der Waals surface area contributed by atoms with Crippen molar-refractivity contribution in [1.29, 1.82) is 0 Å². The van der Waals surface area contributed by atoms with Crippen LogP contribution in [0.5, 0.6) is 0 Å². The van der Waals surface area contributed by atoms with Crippen LogP contribution in [0.15, 0.2) is 0 Å². The number of aliphatic carboxylic acids is 1. The third-order valence-electron chi connectivity index (χ3n) is 5.10. The van der Waals surface area contributed by atoms with Gasteiger partial charge < -0.3 is 38.3 Å². The Balaban J connectivity index is 5.46. The number of carbonyl (C=O) groups excluding carboxylic acids is 5. The molecule has 0 aliphatic rings. The Labute approximate surface area is 192 Å². The lowest BCUT2D eigenvalue weighted by Crippen LogP contribution is -2.60. The third kappa shape index (κ3) is 10.8. The van der Waals surface area contributed by atoms with Crippen molar-refractivity contribution in [1.82, 2.24) is 16.0 Å². The zero-order valence-electron chi connectivity index (χ0n) is 19.4. The molecule has 0 rings (SSSR count). The van der Waals surface area contributed by atoms with Crippen LogP contribution in [0.3, 0.4) is 0 Å². The van der Waals surface area contributed by atoms with Gasteiger partial charge in [0, 0.05) is 6.42 Å². The van der Waals surface area contributed by atoms with Crippen LogP contribution in [0.25, 0.3) is 0 Å². The number of nitrogens with two attached hydrogens (primary N) is 3. The molecule has 0 aliphatic carbocycles. The molecular weight excluding hydrogens is 436 g/mol. The number of primary amides is 2. The number of carboxylic acid groups (broad SMARTS) is 1. The summed E-state index contributed by atoms with van der Waals surface area (Å²) in [5.41, 5.74) is 15.8. The number of rotatable bonds is 15. The van der Waals surface area contributed by atoms with Gasteiger partial charge in [-0.1, -0.05) is 34.1 Å². The van der Waals surface area contributed by atoms with Crippen LogP contribution in [0.4, 0.5) is 0 Å². The van der Waals surface area contributed by atoms with E-state index in [0.29, 0.717) is 6.42 Å². The number of hydrogen-bond donors (Lipinski definition) is 7. The molecule has 5 unspecified atom stereocenters. The average molecular weight is 473 g/mol. The first-order chi connectivity index (χ1) is 15.2. The smallest absolute Gasteiger partial charge is 0.326 e. The molecule has 0 aromatic carbocycles. The average Bonchev–Trinajstić information content (AvgIpc) is 2.71. The van der Waals surface area contributed by atoms with Gasteiger partial charge in [-0.05, 0) is 18.3 Å². The second-order valence-corrected chi connectivity index (χ2v) is 8.28. The highest BCUT2D eigenvalue weighted by Gasteiger charge is 2.34. The zero-order valence-corrected chi connectivity index (χ0v) is 19.4. The van der Waals surface area contributed by atoms with Crippen molar-refractivity contribution in [3.05, 3.63) is 0 Å². The number of carboxylic acids is 1. The Morgan fingerprint density at radius 3 is 1.76 bits per heavy atom. The minimum absolute atomic E-state index is 0.00345. The fourth-order valence-electron chi connectivity index (χ4n) is 2.83. The molecule has 0 radical (unpaired) electrons. The van der Waals surface area contributed by atoms with Gasteiger partial charge in [0.05, 0.1) is 12.5 Å². The van der Waals surface area contributed by atoms with Crippen LogP contribution in [-0.4, -0.2) is 64.8 Å². The molecule has 5 atom stereocenters. The molecule has 0 aromatic heterocycles. The first kappa shape index (κ1) is 29.8. The predicted octanol–water partition coefficient (Wildman–Crippen LogP) is -2.30. The summed E-state index contributed by atoms with van der Waals surface area (Å²) in [4.78, 5) is 71.3. The standard InChI is InChI=1S/C20H36N6O7/c1-5-10(4)16(26-17(29)11(21)6-7-13(22)27)19(31)25-15(9(2)3)18(30)24-12(20(32)33)8-14(23)28/h9-12,15-16H,5-8,21H2,1-4H3,(H2,22,27)(H2,23,28)(H,24,30)(H,25,31)(H,26,29)(H,32,33). The van der Waals surface area contributed by atoms with Crippen molar-refractivity contribution < 1.29 is 33.9 Å². The highest BCUT2D eigenvalue weighted by Crippen LogP contribution is 2.11. The molecule has 0 aromatic rings. The van der Waals surface area contributed by atoms with E-state index in [1.807, 2.05) is 0 Å². The number of hydrogen-bond acceptors (Lipinski definition) is 7. The highest BCUT2D eigenvalue weighted by molar-refractivity contribution is 5.95. The largest absolute Gasteiger partial charge is 0.480 e. The number of nitrogens with one attached hydrogen (secondary N) is 3. The predicted molar refractivity (Wildman–Crippen MR) is 118 cm³/mol. The molecule has 33 heavy (non-hydrogen) atoms. The van der Waals surface area contributed by atoms with E-state index in [1.165, 1.54) is 0 Å². The normalized spacial score (nSPS) is 15.5. The van der Waals surface area contributed by atoms with E-state index in [-0.39, 0.29) is 18.8 Å². The van der Waals surface area contributed by atoms with Crippen LogP contribution in [0, 0.1) is 11.8 Å². The summed E-state index contributed by atoms with van der Waals surface area (Å²) in [6.45, 7) is 6.78. The fraction of sp³-hybridized carbons (Fsp3) is 0.700. The molecule has 0 saturated heterocycles. The second kappa shape index (κ2) is 14.0. The minimum atomic E-state index is -1.55. The maximum atomic E-state index is 13.0. The van der Waals surface area contributed by atoms with E-state index in [0.717, 1.165) is 0 Å². The molecule has 10 N–H and O–H groups in total. The Hall–Kier alpha value is -3.22. The molecule has 188 valence electrons. The van der Waals surface area contributed by atoms with Crippen LogP contribution in [0.2, 0.25) is 0 Å². The SMILES string of the molecule is CCC(C)C(NC(=O)C(N)CCC(N)=O)C(=O)NC(C(=O)NC(CC(N)=O)C(=O)O)C(C)C. The van der Waals surface area contributed by atoms with Gasteiger partial charge in [-0.2, -0.15) is 0 Å². The summed E-state index contributed by atoms with van der Waals surface area (Å²) in [5.74, 6) is -5.93. The van der Waals surface area contributed by atoms with Gasteiger partial charge in [0.2, 0.25) is 29.5 Å². The highest BCUT2D eigenvalue weighted by atomic mass is 16.4. The van der Waals surface area contributed by atoms with Gasteiger partial charge in [-0.3, -0.25) is 24.0 Å². The van der Waals surface area contributed by atoms with Gasteiger partial charge in [0.25, 0.3) is 0 Å². The molecule has 5 amide bonds. The topological polar surface area (TPSA) is 237 Å². The molecule has 13 nitrogen and oxygen atoms in total. The van der Waals surface area contributed by atoms with Gasteiger partial charge in [0.15, 0.2) is 0 Å². The quantitative estimate of drug-likeness (QED) is 0.136. The van der Waals surface area contributed by atoms with Crippen LogP contribution >= 0.6 is 0 Å². The minimum Gasteiger partial charge on any atom is -0.480 e. The fourth-order valence-corrected chi connectivity index (χ4v) is 2.83. The molecule has 0 aliphatic heterocycles. The maximum absolute atomic E-state index is 13.0. The van der Waals surface area contributed by atoms with Crippen molar-refractivity contribution in [2.75, 3.05) is 0 Å². The summed E-state index contributed by atoms with van der Waals surface area (Å²) < 4.78 is 0. The van der Waals surface area contributed by atoms with Crippen molar-refractivity contribution in [2.24, 2.45) is 29.0 Å². The van der Waals surface area contributed by atoms with Crippen LogP contribution in [-0.2, 0) is 28.8 Å². The summed E-state index contributed by atoms with van der Waals surface area (Å²) in [6, 6.07) is -4.82. The van der Waals surface area contributed by atoms with E-state index < -0.39 is 72.0 Å². The van der Waals surface area contributed by atoms with E-state index >= 15 is 0 Å². The molecule has 0 spiro atoms. The van der Waals surface area contributed by atoms with Crippen LogP contribution in [0.1, 0.15) is 53.4 Å². The first-order valence-corrected chi connectivity index (χ1v) is 10.7. The van der Waals surface area contributed by atoms with Gasteiger partial charge in [0.1, 0.15) is 18.1 Å². The third-order valence-corrected chi connectivity index (χ3v) is 5.10. The summed E-state index contributed by atoms with van der Waals surface area (Å²) in [7, 11) is 0. The number of carbonyl (C=O) groups is 6. The lowest BCUT2D eigenvalue weighted by Gasteiger charge is -2.29. The van der Waals surface area contributed by atoms with Crippen molar-refractivity contribution in [3.8, 4) is 0 Å². The lowest BCUT2D eigenvalue weighted by molar-refractivity contribution is -0.144. The van der Waals surface area contributed by atoms with Gasteiger partial charge in [-0.15, -0.1) is 0 Å². The Morgan fingerprint density at radius 1 is 0.818 bits per heavy atom. The Bertz CT molecular complexity index is 742. The molecule has 0 bridgehead atoms. The molecule has 0 fully saturated rings. The maximum Gasteiger partial charge on any atom is 0.326 e. The lowest BCUT2D eigenvalue weighted by atomic mass is 9.96. The molecule has 0 saturated carbocycles. The van der Waals surface area contributed by atoms with Gasteiger partial charge >= 0.3 is 5.97 Å². The summed E-state index contributed by atoms with van der Waals surface area (Å²) >= 11 is 0. The van der Waals surface area contributed by atoms with Crippen molar-refractivity contribution >= 4 is 35.5 Å². The van der Waals surface area contributed by atoms with E-state index in [2.05, 4.69) is 16.0 Å². The molecule has 0 heterocycles. The molecular formula is C20H36N6O7. The monoisotopic (exact) mass is 472 g/mol.